The molecule has 2 fully saturated rings. The van der Waals surface area contributed by atoms with Crippen LogP contribution in [0.25, 0.3) is 0 Å². The van der Waals surface area contributed by atoms with E-state index in [0.717, 1.165) is 23.8 Å². The van der Waals surface area contributed by atoms with Crippen LogP contribution in [0, 0.1) is 17.3 Å². The molecule has 0 aromatic rings. The molecule has 0 aliphatic heterocycles. The Kier molecular flexibility index (Phi) is 1.31. The van der Waals surface area contributed by atoms with Gasteiger partial charge in [-0.05, 0) is 49.5 Å². The van der Waals surface area contributed by atoms with Crippen molar-refractivity contribution in [2.24, 2.45) is 23.0 Å². The number of hydrogen-bond acceptors (Lipinski definition) is 1. The van der Waals surface area contributed by atoms with Crippen LogP contribution in [-0.4, -0.2) is 6.54 Å². The smallest absolute Gasteiger partial charge is 0.00744 e. The lowest BCUT2D eigenvalue weighted by Gasteiger charge is -2.34. The molecule has 0 amide bonds. The summed E-state index contributed by atoms with van der Waals surface area (Å²) >= 11 is 0. The summed E-state index contributed by atoms with van der Waals surface area (Å²) in [5.74, 6) is 2.04. The molecule has 2 rings (SSSR count). The maximum Gasteiger partial charge on any atom is -0.00744 e. The van der Waals surface area contributed by atoms with Crippen LogP contribution in [-0.2, 0) is 0 Å². The largest absolute Gasteiger partial charge is 0.330 e. The molecule has 0 bridgehead atoms. The molecular formula is C9H17N. The van der Waals surface area contributed by atoms with Gasteiger partial charge in [0.2, 0.25) is 0 Å². The molecule has 0 heterocycles. The summed E-state index contributed by atoms with van der Waals surface area (Å²) in [6.07, 6.45) is 5.77. The van der Waals surface area contributed by atoms with Crippen molar-refractivity contribution >= 4 is 0 Å². The van der Waals surface area contributed by atoms with Gasteiger partial charge in [-0.3, -0.25) is 0 Å². The zero-order valence-electron chi connectivity index (χ0n) is 6.77. The third-order valence-corrected chi connectivity index (χ3v) is 3.38. The van der Waals surface area contributed by atoms with E-state index < -0.39 is 0 Å². The van der Waals surface area contributed by atoms with Gasteiger partial charge >= 0.3 is 0 Å². The van der Waals surface area contributed by atoms with E-state index >= 15 is 0 Å². The molecule has 58 valence electrons. The third kappa shape index (κ3) is 0.800. The van der Waals surface area contributed by atoms with E-state index in [2.05, 4.69) is 6.92 Å². The van der Waals surface area contributed by atoms with Gasteiger partial charge in [0.15, 0.2) is 0 Å². The zero-order chi connectivity index (χ0) is 7.19. The summed E-state index contributed by atoms with van der Waals surface area (Å²) in [5.41, 5.74) is 6.34. The summed E-state index contributed by atoms with van der Waals surface area (Å²) in [5, 5.41) is 0. The van der Waals surface area contributed by atoms with Gasteiger partial charge in [-0.2, -0.15) is 0 Å². The lowest BCUT2D eigenvalue weighted by atomic mass is 9.71. The molecule has 2 aliphatic rings. The zero-order valence-corrected chi connectivity index (χ0v) is 6.77. The molecule has 2 saturated carbocycles. The lowest BCUT2D eigenvalue weighted by Crippen LogP contribution is -2.24. The van der Waals surface area contributed by atoms with Gasteiger partial charge in [0.05, 0.1) is 0 Å². The van der Waals surface area contributed by atoms with Crippen LogP contribution >= 0.6 is 0 Å². The van der Waals surface area contributed by atoms with Crippen molar-refractivity contribution in [2.45, 2.75) is 32.6 Å². The van der Waals surface area contributed by atoms with Gasteiger partial charge < -0.3 is 5.73 Å². The van der Waals surface area contributed by atoms with Gasteiger partial charge in [0.25, 0.3) is 0 Å². The molecule has 0 saturated heterocycles. The Balaban J connectivity index is 1.79. The SMILES string of the molecule is CC1CC2(C1)CC2CCN. The van der Waals surface area contributed by atoms with Crippen LogP contribution in [0.15, 0.2) is 0 Å². The predicted molar refractivity (Wildman–Crippen MR) is 42.6 cm³/mol. The molecule has 1 atom stereocenters. The Morgan fingerprint density at radius 2 is 2.10 bits per heavy atom. The minimum Gasteiger partial charge on any atom is -0.330 e. The van der Waals surface area contributed by atoms with Crippen molar-refractivity contribution in [3.8, 4) is 0 Å². The first-order valence-corrected chi connectivity index (χ1v) is 4.47. The Hall–Kier alpha value is -0.0400. The molecule has 1 nitrogen and oxygen atoms in total. The number of hydrogen-bond donors (Lipinski definition) is 1. The second kappa shape index (κ2) is 1.97. The van der Waals surface area contributed by atoms with Crippen molar-refractivity contribution in [2.75, 3.05) is 6.54 Å². The maximum absolute atomic E-state index is 5.50. The summed E-state index contributed by atoms with van der Waals surface area (Å²) in [7, 11) is 0. The Morgan fingerprint density at radius 3 is 2.60 bits per heavy atom. The highest BCUT2D eigenvalue weighted by Crippen LogP contribution is 2.68. The first kappa shape index (κ1) is 6.66. The first-order valence-electron chi connectivity index (χ1n) is 4.47. The molecule has 1 spiro atoms. The van der Waals surface area contributed by atoms with Crippen molar-refractivity contribution in [3.63, 3.8) is 0 Å². The van der Waals surface area contributed by atoms with E-state index in [0.29, 0.717) is 0 Å². The van der Waals surface area contributed by atoms with Gasteiger partial charge in [-0.25, -0.2) is 0 Å². The van der Waals surface area contributed by atoms with E-state index in [1.807, 2.05) is 0 Å². The summed E-state index contributed by atoms with van der Waals surface area (Å²) < 4.78 is 0. The van der Waals surface area contributed by atoms with E-state index in [1.165, 1.54) is 25.7 Å². The van der Waals surface area contributed by atoms with Crippen LogP contribution in [0.1, 0.15) is 32.6 Å². The molecular weight excluding hydrogens is 122 g/mol. The maximum atomic E-state index is 5.50. The van der Waals surface area contributed by atoms with Crippen LogP contribution in [0.5, 0.6) is 0 Å². The molecule has 2 N–H and O–H groups in total. The highest BCUT2D eigenvalue weighted by molar-refractivity contribution is 5.09. The average Bonchev–Trinajstić information content (AvgIpc) is 2.43. The molecule has 0 aromatic heterocycles. The van der Waals surface area contributed by atoms with E-state index in [4.69, 9.17) is 5.73 Å². The van der Waals surface area contributed by atoms with Gasteiger partial charge in [0.1, 0.15) is 0 Å². The minimum atomic E-state index is 0.832. The van der Waals surface area contributed by atoms with Crippen LogP contribution < -0.4 is 5.73 Å². The first-order chi connectivity index (χ1) is 4.77. The van der Waals surface area contributed by atoms with E-state index in [1.54, 1.807) is 0 Å². The van der Waals surface area contributed by atoms with Gasteiger partial charge in [-0.15, -0.1) is 0 Å². The second-order valence-electron chi connectivity index (χ2n) is 4.35. The minimum absolute atomic E-state index is 0.832. The Morgan fingerprint density at radius 1 is 1.40 bits per heavy atom. The molecule has 1 unspecified atom stereocenters. The van der Waals surface area contributed by atoms with Gasteiger partial charge in [0, 0.05) is 0 Å². The normalized spacial score (nSPS) is 51.0. The highest BCUT2D eigenvalue weighted by Gasteiger charge is 2.59. The topological polar surface area (TPSA) is 26.0 Å². The van der Waals surface area contributed by atoms with Crippen molar-refractivity contribution in [1.82, 2.24) is 0 Å². The number of rotatable bonds is 2. The Bertz CT molecular complexity index is 136. The molecule has 0 radical (unpaired) electrons. The van der Waals surface area contributed by atoms with E-state index in [-0.39, 0.29) is 0 Å². The lowest BCUT2D eigenvalue weighted by molar-refractivity contribution is 0.164. The van der Waals surface area contributed by atoms with Crippen molar-refractivity contribution < 1.29 is 0 Å². The molecule has 10 heavy (non-hydrogen) atoms. The summed E-state index contributed by atoms with van der Waals surface area (Å²) in [4.78, 5) is 0. The highest BCUT2D eigenvalue weighted by atomic mass is 14.7. The quantitative estimate of drug-likeness (QED) is 0.620. The third-order valence-electron chi connectivity index (χ3n) is 3.38. The van der Waals surface area contributed by atoms with Crippen molar-refractivity contribution in [3.05, 3.63) is 0 Å². The van der Waals surface area contributed by atoms with Crippen LogP contribution in [0.4, 0.5) is 0 Å². The van der Waals surface area contributed by atoms with Gasteiger partial charge in [-0.1, -0.05) is 6.92 Å². The fraction of sp³-hybridized carbons (Fsp3) is 1.00. The average molecular weight is 139 g/mol. The predicted octanol–water partition coefficient (Wildman–Crippen LogP) is 1.77. The molecule has 2 aliphatic carbocycles. The van der Waals surface area contributed by atoms with Crippen molar-refractivity contribution in [1.29, 1.82) is 0 Å². The monoisotopic (exact) mass is 139 g/mol. The fourth-order valence-electron chi connectivity index (χ4n) is 2.87. The molecule has 0 aromatic carbocycles. The molecule has 1 heteroatoms. The Labute approximate surface area is 63.0 Å². The standard InChI is InChI=1S/C9H17N/c1-7-4-9(5-7)6-8(9)2-3-10/h7-8H,2-6,10H2,1H3. The fourth-order valence-corrected chi connectivity index (χ4v) is 2.87. The number of nitrogens with two attached hydrogens (primary N) is 1. The summed E-state index contributed by atoms with van der Waals surface area (Å²) in [6, 6.07) is 0. The second-order valence-corrected chi connectivity index (χ2v) is 4.35. The van der Waals surface area contributed by atoms with E-state index in [9.17, 15) is 0 Å². The summed E-state index contributed by atoms with van der Waals surface area (Å²) in [6.45, 7) is 3.27. The van der Waals surface area contributed by atoms with Crippen LogP contribution in [0.3, 0.4) is 0 Å². The van der Waals surface area contributed by atoms with Crippen LogP contribution in [0.2, 0.25) is 0 Å².